The second-order valence-corrected chi connectivity index (χ2v) is 6.85. The molecular weight excluding hydrogens is 298 g/mol. The molecule has 1 aliphatic rings. The van der Waals surface area contributed by atoms with E-state index in [9.17, 15) is 18.0 Å². The van der Waals surface area contributed by atoms with Crippen LogP contribution in [0.4, 0.5) is 0 Å². The molecule has 1 aliphatic heterocycles. The highest BCUT2D eigenvalue weighted by molar-refractivity contribution is 7.88. The number of rotatable bonds is 4. The highest BCUT2D eigenvalue weighted by Gasteiger charge is 2.26. The van der Waals surface area contributed by atoms with Crippen LogP contribution in [-0.4, -0.2) is 71.6 Å². The third-order valence-corrected chi connectivity index (χ3v) is 4.72. The number of hydrogen-bond donors (Lipinski definition) is 1. The smallest absolute Gasteiger partial charge is 0.352 e. The lowest BCUT2D eigenvalue weighted by atomic mass is 10.3. The standard InChI is InChI=1S/C12H17N3O5S/c1-21(19,20)15-7-5-13(6-8-15)11(16)9-14-4-2-3-10(14)12(17)18/h2-4H,5-9H2,1H3,(H,17,18). The predicted octanol–water partition coefficient (Wildman–Crippen LogP) is -0.710. The lowest BCUT2D eigenvalue weighted by Crippen LogP contribution is -2.51. The molecule has 1 aromatic rings. The van der Waals surface area contributed by atoms with Crippen molar-refractivity contribution >= 4 is 21.9 Å². The van der Waals surface area contributed by atoms with Crippen molar-refractivity contribution < 1.29 is 23.1 Å². The summed E-state index contributed by atoms with van der Waals surface area (Å²) in [6.45, 7) is 1.10. The van der Waals surface area contributed by atoms with E-state index >= 15 is 0 Å². The van der Waals surface area contributed by atoms with Crippen LogP contribution in [0.25, 0.3) is 0 Å². The minimum Gasteiger partial charge on any atom is -0.477 e. The van der Waals surface area contributed by atoms with Gasteiger partial charge in [-0.25, -0.2) is 13.2 Å². The zero-order valence-electron chi connectivity index (χ0n) is 11.6. The second-order valence-electron chi connectivity index (χ2n) is 4.87. The lowest BCUT2D eigenvalue weighted by molar-refractivity contribution is -0.133. The van der Waals surface area contributed by atoms with Crippen LogP contribution in [-0.2, 0) is 21.4 Å². The number of aromatic carboxylic acids is 1. The summed E-state index contributed by atoms with van der Waals surface area (Å²) in [5, 5.41) is 8.98. The van der Waals surface area contributed by atoms with Gasteiger partial charge in [0.25, 0.3) is 0 Å². The Morgan fingerprint density at radius 3 is 2.38 bits per heavy atom. The molecular formula is C12H17N3O5S. The highest BCUT2D eigenvalue weighted by atomic mass is 32.2. The quantitative estimate of drug-likeness (QED) is 0.791. The minimum atomic E-state index is -3.23. The Morgan fingerprint density at radius 2 is 1.86 bits per heavy atom. The molecule has 0 spiro atoms. The van der Waals surface area contributed by atoms with Crippen molar-refractivity contribution in [2.45, 2.75) is 6.54 Å². The van der Waals surface area contributed by atoms with Gasteiger partial charge in [0.05, 0.1) is 6.26 Å². The van der Waals surface area contributed by atoms with Crippen molar-refractivity contribution in [2.75, 3.05) is 32.4 Å². The van der Waals surface area contributed by atoms with E-state index < -0.39 is 16.0 Å². The first-order chi connectivity index (χ1) is 9.79. The molecule has 21 heavy (non-hydrogen) atoms. The van der Waals surface area contributed by atoms with Crippen LogP contribution < -0.4 is 0 Å². The third kappa shape index (κ3) is 3.61. The molecule has 2 heterocycles. The van der Waals surface area contributed by atoms with E-state index in [-0.39, 0.29) is 31.2 Å². The van der Waals surface area contributed by atoms with Crippen LogP contribution in [0.1, 0.15) is 10.5 Å². The van der Waals surface area contributed by atoms with Gasteiger partial charge in [-0.05, 0) is 12.1 Å². The maximum Gasteiger partial charge on any atom is 0.352 e. The molecule has 8 nitrogen and oxygen atoms in total. The summed E-state index contributed by atoms with van der Waals surface area (Å²) in [5.41, 5.74) is 0.0538. The van der Waals surface area contributed by atoms with Gasteiger partial charge in [0.2, 0.25) is 15.9 Å². The molecule has 0 unspecified atom stereocenters. The van der Waals surface area contributed by atoms with Gasteiger partial charge in [0, 0.05) is 32.4 Å². The second kappa shape index (κ2) is 5.86. The average molecular weight is 315 g/mol. The van der Waals surface area contributed by atoms with Gasteiger partial charge in [-0.3, -0.25) is 4.79 Å². The molecule has 2 rings (SSSR count). The summed E-state index contributed by atoms with van der Waals surface area (Å²) in [6.07, 6.45) is 2.68. The molecule has 0 saturated carbocycles. The number of carbonyl (C=O) groups excluding carboxylic acids is 1. The molecule has 116 valence electrons. The molecule has 0 aromatic carbocycles. The van der Waals surface area contributed by atoms with Crippen LogP contribution in [0.2, 0.25) is 0 Å². The Hall–Kier alpha value is -1.87. The van der Waals surface area contributed by atoms with Crippen LogP contribution in [0.3, 0.4) is 0 Å². The van der Waals surface area contributed by atoms with Gasteiger partial charge in [0.15, 0.2) is 0 Å². The lowest BCUT2D eigenvalue weighted by Gasteiger charge is -2.33. The van der Waals surface area contributed by atoms with E-state index in [1.165, 1.54) is 21.1 Å². The van der Waals surface area contributed by atoms with E-state index in [4.69, 9.17) is 5.11 Å². The van der Waals surface area contributed by atoms with Crippen molar-refractivity contribution in [3.05, 3.63) is 24.0 Å². The first-order valence-electron chi connectivity index (χ1n) is 6.40. The molecule has 0 aliphatic carbocycles. The Balaban J connectivity index is 1.97. The van der Waals surface area contributed by atoms with E-state index in [0.29, 0.717) is 13.1 Å². The average Bonchev–Trinajstić information content (AvgIpc) is 2.86. The molecule has 1 amide bonds. The number of carboxylic acids is 1. The number of sulfonamides is 1. The minimum absolute atomic E-state index is 0.0538. The van der Waals surface area contributed by atoms with Crippen molar-refractivity contribution in [1.82, 2.24) is 13.8 Å². The first-order valence-corrected chi connectivity index (χ1v) is 8.25. The highest BCUT2D eigenvalue weighted by Crippen LogP contribution is 2.08. The maximum atomic E-state index is 12.1. The fourth-order valence-corrected chi connectivity index (χ4v) is 3.09. The zero-order chi connectivity index (χ0) is 15.6. The van der Waals surface area contributed by atoms with E-state index in [1.54, 1.807) is 11.0 Å². The fraction of sp³-hybridized carbons (Fsp3) is 0.500. The Labute approximate surface area is 122 Å². The third-order valence-electron chi connectivity index (χ3n) is 3.41. The summed E-state index contributed by atoms with van der Waals surface area (Å²) < 4.78 is 25.5. The van der Waals surface area contributed by atoms with Crippen LogP contribution in [0.5, 0.6) is 0 Å². The van der Waals surface area contributed by atoms with Crippen LogP contribution >= 0.6 is 0 Å². The summed E-state index contributed by atoms with van der Waals surface area (Å²) in [7, 11) is -3.23. The number of carbonyl (C=O) groups is 2. The van der Waals surface area contributed by atoms with E-state index in [0.717, 1.165) is 6.26 Å². The molecule has 0 atom stereocenters. The zero-order valence-corrected chi connectivity index (χ0v) is 12.4. The molecule has 1 saturated heterocycles. The number of carboxylic acid groups (broad SMARTS) is 1. The van der Waals surface area contributed by atoms with Gasteiger partial charge >= 0.3 is 5.97 Å². The summed E-state index contributed by atoms with van der Waals surface area (Å²) in [4.78, 5) is 24.7. The maximum absolute atomic E-state index is 12.1. The van der Waals surface area contributed by atoms with E-state index in [1.807, 2.05) is 0 Å². The molecule has 9 heteroatoms. The van der Waals surface area contributed by atoms with Crippen molar-refractivity contribution in [3.63, 3.8) is 0 Å². The summed E-state index contributed by atoms with van der Waals surface area (Å²) in [6, 6.07) is 3.00. The Kier molecular flexibility index (Phi) is 4.33. The Bertz CT molecular complexity index is 644. The molecule has 0 radical (unpaired) electrons. The summed E-state index contributed by atoms with van der Waals surface area (Å²) in [5.74, 6) is -1.31. The topological polar surface area (TPSA) is 99.9 Å². The van der Waals surface area contributed by atoms with Crippen molar-refractivity contribution in [3.8, 4) is 0 Å². The van der Waals surface area contributed by atoms with Crippen molar-refractivity contribution in [2.24, 2.45) is 0 Å². The molecule has 1 N–H and O–H groups in total. The van der Waals surface area contributed by atoms with Gasteiger partial charge < -0.3 is 14.6 Å². The fourth-order valence-electron chi connectivity index (χ4n) is 2.26. The number of aromatic nitrogens is 1. The molecule has 1 fully saturated rings. The Morgan fingerprint density at radius 1 is 1.24 bits per heavy atom. The van der Waals surface area contributed by atoms with Gasteiger partial charge in [-0.2, -0.15) is 4.31 Å². The van der Waals surface area contributed by atoms with Gasteiger partial charge in [-0.1, -0.05) is 0 Å². The number of piperazine rings is 1. The first kappa shape index (κ1) is 15.5. The van der Waals surface area contributed by atoms with Crippen molar-refractivity contribution in [1.29, 1.82) is 0 Å². The van der Waals surface area contributed by atoms with E-state index in [2.05, 4.69) is 0 Å². The molecule has 1 aromatic heterocycles. The predicted molar refractivity (Wildman–Crippen MR) is 74.4 cm³/mol. The summed E-state index contributed by atoms with van der Waals surface area (Å²) >= 11 is 0. The van der Waals surface area contributed by atoms with Gasteiger partial charge in [0.1, 0.15) is 12.2 Å². The number of hydrogen-bond acceptors (Lipinski definition) is 4. The van der Waals surface area contributed by atoms with Crippen LogP contribution in [0.15, 0.2) is 18.3 Å². The normalized spacial score (nSPS) is 16.9. The monoisotopic (exact) mass is 315 g/mol. The number of nitrogens with zero attached hydrogens (tertiary/aromatic N) is 3. The number of amides is 1. The largest absolute Gasteiger partial charge is 0.477 e. The van der Waals surface area contributed by atoms with Crippen LogP contribution in [0, 0.1) is 0 Å². The molecule has 0 bridgehead atoms. The SMILES string of the molecule is CS(=O)(=O)N1CCN(C(=O)Cn2cccc2C(=O)O)CC1. The van der Waals surface area contributed by atoms with Gasteiger partial charge in [-0.15, -0.1) is 0 Å².